The van der Waals surface area contributed by atoms with Crippen LogP contribution >= 0.6 is 11.3 Å². The Kier molecular flexibility index (Phi) is 10.8. The lowest BCUT2D eigenvalue weighted by Gasteiger charge is -2.36. The summed E-state index contributed by atoms with van der Waals surface area (Å²) in [6, 6.07) is 11.7. The van der Waals surface area contributed by atoms with Crippen molar-refractivity contribution in [2.24, 2.45) is 0 Å². The Morgan fingerprint density at radius 2 is 1.75 bits per heavy atom. The molecule has 2 aliphatic rings. The van der Waals surface area contributed by atoms with Crippen LogP contribution in [0.3, 0.4) is 0 Å². The first kappa shape index (κ1) is 36.4. The lowest BCUT2D eigenvalue weighted by molar-refractivity contribution is -0.189. The van der Waals surface area contributed by atoms with Crippen LogP contribution in [0.2, 0.25) is 0 Å². The van der Waals surface area contributed by atoms with Gasteiger partial charge in [-0.05, 0) is 93.7 Å². The number of alkyl halides is 3. The third kappa shape index (κ3) is 8.92. The minimum atomic E-state index is -5.40. The van der Waals surface area contributed by atoms with Gasteiger partial charge in [-0.2, -0.15) is 13.2 Å². The van der Waals surface area contributed by atoms with Gasteiger partial charge in [-0.15, -0.1) is 11.3 Å². The number of amides is 1. The zero-order valence-electron chi connectivity index (χ0n) is 27.9. The number of ether oxygens (including phenoxy) is 2. The number of aromatic nitrogens is 2. The molecule has 1 N–H and O–H groups in total. The van der Waals surface area contributed by atoms with E-state index >= 15 is 0 Å². The van der Waals surface area contributed by atoms with E-state index in [1.807, 2.05) is 5.38 Å². The number of carbonyl (C=O) groups excluding carboxylic acids is 2. The van der Waals surface area contributed by atoms with Gasteiger partial charge in [0.2, 0.25) is 0 Å². The van der Waals surface area contributed by atoms with Crippen LogP contribution in [0.15, 0.2) is 65.0 Å². The zero-order chi connectivity index (χ0) is 36.3. The highest BCUT2D eigenvalue weighted by Crippen LogP contribution is 2.41. The molecule has 270 valence electrons. The third-order valence-corrected chi connectivity index (χ3v) is 10.8. The number of hydrogen-bond acceptors (Lipinski definition) is 11. The number of hydrogen-bond donors (Lipinski definition) is 1. The van der Waals surface area contributed by atoms with Gasteiger partial charge in [-0.3, -0.25) is 20.0 Å². The molecule has 11 nitrogen and oxygen atoms in total. The van der Waals surface area contributed by atoms with Crippen LogP contribution in [0.1, 0.15) is 47.3 Å². The van der Waals surface area contributed by atoms with Gasteiger partial charge in [-0.25, -0.2) is 18.2 Å². The highest BCUT2D eigenvalue weighted by atomic mass is 32.2. The van der Waals surface area contributed by atoms with E-state index in [0.717, 1.165) is 62.3 Å². The summed E-state index contributed by atoms with van der Waals surface area (Å²) < 4.78 is 75.2. The fraction of sp³-hybridized carbons (Fsp3) is 0.371. The van der Waals surface area contributed by atoms with E-state index in [-0.39, 0.29) is 21.3 Å². The van der Waals surface area contributed by atoms with Gasteiger partial charge < -0.3 is 14.4 Å². The number of thiazole rings is 1. The first-order valence-electron chi connectivity index (χ1n) is 16.3. The van der Waals surface area contributed by atoms with E-state index in [2.05, 4.69) is 25.1 Å². The van der Waals surface area contributed by atoms with E-state index in [0.29, 0.717) is 23.8 Å². The monoisotopic (exact) mass is 743 g/mol. The van der Waals surface area contributed by atoms with Crippen molar-refractivity contribution in [3.8, 4) is 28.5 Å². The fourth-order valence-electron chi connectivity index (χ4n) is 6.29. The molecule has 6 rings (SSSR count). The van der Waals surface area contributed by atoms with Crippen LogP contribution in [0.4, 0.5) is 18.3 Å². The van der Waals surface area contributed by atoms with Crippen molar-refractivity contribution < 1.29 is 40.7 Å². The Bertz CT molecular complexity index is 2010. The summed E-state index contributed by atoms with van der Waals surface area (Å²) in [7, 11) is -3.56. The second kappa shape index (κ2) is 15.1. The van der Waals surface area contributed by atoms with E-state index < -0.39 is 45.0 Å². The predicted octanol–water partition coefficient (Wildman–Crippen LogP) is 6.49. The summed E-state index contributed by atoms with van der Waals surface area (Å²) in [5.74, 6) is -4.68. The van der Waals surface area contributed by atoms with E-state index in [1.54, 1.807) is 19.1 Å². The first-order valence-corrected chi connectivity index (χ1v) is 19.1. The molecular weight excluding hydrogens is 708 g/mol. The maximum absolute atomic E-state index is 13.9. The number of pyridine rings is 1. The predicted molar refractivity (Wildman–Crippen MR) is 185 cm³/mol. The van der Waals surface area contributed by atoms with Crippen molar-refractivity contribution in [2.45, 2.75) is 56.3 Å². The molecule has 0 bridgehead atoms. The van der Waals surface area contributed by atoms with Crippen molar-refractivity contribution in [3.63, 3.8) is 0 Å². The maximum Gasteiger partial charge on any atom is 0.491 e. The summed E-state index contributed by atoms with van der Waals surface area (Å²) in [6.45, 7) is 6.51. The number of anilines is 1. The third-order valence-electron chi connectivity index (χ3n) is 8.86. The molecule has 0 unspecified atom stereocenters. The molecule has 4 heterocycles. The minimum Gasteiger partial charge on any atom is -0.453 e. The Morgan fingerprint density at radius 3 is 2.39 bits per heavy atom. The normalized spacial score (nSPS) is 16.3. The van der Waals surface area contributed by atoms with E-state index in [4.69, 9.17) is 9.47 Å². The largest absolute Gasteiger partial charge is 0.491 e. The molecule has 4 aromatic rings. The van der Waals surface area contributed by atoms with Gasteiger partial charge in [0.25, 0.3) is 5.91 Å². The van der Waals surface area contributed by atoms with Crippen molar-refractivity contribution in [3.05, 3.63) is 76.9 Å². The number of nitrogens with zero attached hydrogens (tertiary/aromatic N) is 4. The summed E-state index contributed by atoms with van der Waals surface area (Å²) in [5.41, 5.74) is 1.64. The maximum atomic E-state index is 13.9. The average Bonchev–Trinajstić information content (AvgIpc) is 3.78. The summed E-state index contributed by atoms with van der Waals surface area (Å²) >= 11 is 1.16. The quantitative estimate of drug-likeness (QED) is 0.142. The smallest absolute Gasteiger partial charge is 0.453 e. The number of aryl methyl sites for hydroxylation is 1. The molecule has 1 amide bonds. The van der Waals surface area contributed by atoms with Crippen LogP contribution < -0.4 is 14.8 Å². The summed E-state index contributed by atoms with van der Waals surface area (Å²) in [5, 5.41) is 4.67. The molecule has 0 aliphatic carbocycles. The molecule has 2 aliphatic heterocycles. The molecule has 0 spiro atoms. The number of rotatable bonds is 10. The van der Waals surface area contributed by atoms with E-state index in [1.165, 1.54) is 55.4 Å². The van der Waals surface area contributed by atoms with Gasteiger partial charge in [0.05, 0.1) is 21.8 Å². The van der Waals surface area contributed by atoms with E-state index in [9.17, 15) is 31.2 Å². The summed E-state index contributed by atoms with van der Waals surface area (Å²) in [4.78, 5) is 39.9. The van der Waals surface area contributed by atoms with Crippen LogP contribution in [0, 0.1) is 6.92 Å². The first-order chi connectivity index (χ1) is 24.2. The fourth-order valence-corrected chi connectivity index (χ4v) is 7.62. The lowest BCUT2D eigenvalue weighted by atomic mass is 10.0. The molecular formula is C35H36F3N5O6S2. The Labute approximate surface area is 297 Å². The average molecular weight is 744 g/mol. The molecule has 0 saturated carbocycles. The molecule has 0 atom stereocenters. The highest BCUT2D eigenvalue weighted by Gasteiger charge is 2.43. The number of halogens is 3. The van der Waals surface area contributed by atoms with Gasteiger partial charge in [0.1, 0.15) is 5.75 Å². The molecule has 2 saturated heterocycles. The number of benzene rings is 2. The molecule has 2 aromatic heterocycles. The van der Waals surface area contributed by atoms with Crippen molar-refractivity contribution in [1.82, 2.24) is 19.8 Å². The second-order valence-corrected chi connectivity index (χ2v) is 15.5. The van der Waals surface area contributed by atoms with Gasteiger partial charge in [-0.1, -0.05) is 6.07 Å². The van der Waals surface area contributed by atoms with Crippen molar-refractivity contribution in [1.29, 1.82) is 0 Å². The number of carbonyl (C=O) groups is 2. The molecule has 2 fully saturated rings. The molecule has 51 heavy (non-hydrogen) atoms. The van der Waals surface area contributed by atoms with Crippen molar-refractivity contribution >= 4 is 38.2 Å². The molecule has 16 heteroatoms. The number of sulfone groups is 1. The SMILES string of the molecule is Cc1cccnc1-c1cc(Oc2ccc(S(C)(=O)=O)cc2)c(OC(=O)C(F)(F)F)c(C(=O)Nc2nc(CN3CCC(N4CCCC4)CC3)cs2)c1. The number of esters is 1. The molecule has 2 aromatic carbocycles. The minimum absolute atomic E-state index is 0.00184. The number of piperidine rings is 1. The van der Waals surface area contributed by atoms with Gasteiger partial charge >= 0.3 is 12.1 Å². The summed E-state index contributed by atoms with van der Waals surface area (Å²) in [6.07, 6.45) is 1.79. The van der Waals surface area contributed by atoms with Crippen LogP contribution in [0.5, 0.6) is 17.2 Å². The van der Waals surface area contributed by atoms with Crippen LogP contribution in [-0.2, 0) is 21.2 Å². The van der Waals surface area contributed by atoms with Gasteiger partial charge in [0.15, 0.2) is 26.5 Å². The standard InChI is InChI=1S/C35H36F3N5O6S2/c1-22-6-5-13-39-30(22)23-18-28(31(49-33(45)35(36,37)38)29(19-23)48-26-7-9-27(10-8-26)51(2,46)47)32(44)41-34-40-24(21-50-34)20-42-16-11-25(12-17-42)43-14-3-4-15-43/h5-10,13,18-19,21,25H,3-4,11-12,14-17,20H2,1-2H3,(H,40,41,44). The Hall–Kier alpha value is -4.38. The Balaban J connectivity index is 1.30. The Morgan fingerprint density at radius 1 is 1.04 bits per heavy atom. The number of likely N-dealkylation sites (tertiary alicyclic amines) is 2. The zero-order valence-corrected chi connectivity index (χ0v) is 29.5. The van der Waals surface area contributed by atoms with Crippen LogP contribution in [-0.4, -0.2) is 84.7 Å². The highest BCUT2D eigenvalue weighted by molar-refractivity contribution is 7.90. The molecule has 0 radical (unpaired) electrons. The number of nitrogens with one attached hydrogen (secondary N) is 1. The second-order valence-electron chi connectivity index (χ2n) is 12.6. The van der Waals surface area contributed by atoms with Crippen LogP contribution in [0.25, 0.3) is 11.3 Å². The van der Waals surface area contributed by atoms with Gasteiger partial charge in [0, 0.05) is 49.1 Å². The van der Waals surface area contributed by atoms with Crippen molar-refractivity contribution in [2.75, 3.05) is 37.8 Å². The lowest BCUT2D eigenvalue weighted by Crippen LogP contribution is -2.43. The topological polar surface area (TPSA) is 131 Å².